The Morgan fingerprint density at radius 2 is 1.82 bits per heavy atom. The first-order chi connectivity index (χ1) is 15.1. The highest BCUT2D eigenvalue weighted by atomic mass is 31.3. The molecule has 22 heteroatoms. The second-order valence-corrected chi connectivity index (χ2v) is 10.9. The number of aliphatic hydroxyl groups is 1. The molecular weight excluding hydrogens is 519 g/mol. The van der Waals surface area contributed by atoms with Crippen molar-refractivity contribution in [3.05, 3.63) is 43.0 Å². The summed E-state index contributed by atoms with van der Waals surface area (Å²) in [6, 6.07) is 0. The zero-order valence-electron chi connectivity index (χ0n) is 16.4. The molecule has 0 aromatic carbocycles. The van der Waals surface area contributed by atoms with Crippen molar-refractivity contribution in [3.8, 4) is 0 Å². The van der Waals surface area contributed by atoms with Gasteiger partial charge in [-0.2, -0.15) is 8.62 Å². The number of nitrogens with zero attached hydrogens (tertiary/aromatic N) is 4. The second-order valence-electron chi connectivity index (χ2n) is 6.26. The summed E-state index contributed by atoms with van der Waals surface area (Å²) in [5.41, 5.74) is 6.73. The summed E-state index contributed by atoms with van der Waals surface area (Å²) in [5.74, 6) is 0. The van der Waals surface area contributed by atoms with E-state index in [2.05, 4.69) is 27.7 Å². The SMILES string of the molecule is Cc1cn([C@H]2C[C@H](O)[C@@H](COP(=O)(O)OP(=O)(O)OP(=O)(O)OCN=[N+]=[N-])O2)c(=O)[nH]c1=O. The van der Waals surface area contributed by atoms with E-state index in [-0.39, 0.29) is 12.0 Å². The molecule has 5 N–H and O–H groups in total. The first-order valence-corrected chi connectivity index (χ1v) is 13.0. The van der Waals surface area contributed by atoms with Crippen LogP contribution in [0, 0.1) is 6.92 Å². The van der Waals surface area contributed by atoms with E-state index in [9.17, 15) is 43.1 Å². The number of aromatic amines is 1. The van der Waals surface area contributed by atoms with Gasteiger partial charge in [0, 0.05) is 23.1 Å². The van der Waals surface area contributed by atoms with E-state index in [0.717, 1.165) is 4.57 Å². The van der Waals surface area contributed by atoms with Crippen LogP contribution in [0.3, 0.4) is 0 Å². The number of H-pyrrole nitrogens is 1. The van der Waals surface area contributed by atoms with E-state index in [1.807, 2.05) is 4.98 Å². The monoisotopic (exact) mass is 537 g/mol. The van der Waals surface area contributed by atoms with Crippen molar-refractivity contribution in [2.75, 3.05) is 13.3 Å². The Hall–Kier alpha value is -1.68. The number of phosphoric ester groups is 2. The Kier molecular flexibility index (Phi) is 8.95. The molecule has 33 heavy (non-hydrogen) atoms. The highest BCUT2D eigenvalue weighted by Crippen LogP contribution is 2.67. The lowest BCUT2D eigenvalue weighted by atomic mass is 10.2. The zero-order valence-corrected chi connectivity index (χ0v) is 19.1. The molecule has 0 amide bonds. The Morgan fingerprint density at radius 1 is 1.21 bits per heavy atom. The van der Waals surface area contributed by atoms with Crippen molar-refractivity contribution in [1.29, 1.82) is 0 Å². The summed E-state index contributed by atoms with van der Waals surface area (Å²) in [5, 5.41) is 12.8. The molecule has 1 aliphatic rings. The third-order valence-electron chi connectivity index (χ3n) is 3.82. The number of aliphatic hydroxyl groups excluding tert-OH is 1. The Morgan fingerprint density at radius 3 is 2.42 bits per heavy atom. The molecule has 0 radical (unpaired) electrons. The lowest BCUT2D eigenvalue weighted by molar-refractivity contribution is -0.0450. The number of hydrogen-bond donors (Lipinski definition) is 5. The first kappa shape index (κ1) is 27.6. The molecule has 19 nitrogen and oxygen atoms in total. The van der Waals surface area contributed by atoms with Gasteiger partial charge >= 0.3 is 29.2 Å². The maximum Gasteiger partial charge on any atom is 0.490 e. The molecular formula is C11H18N5O14P3. The Bertz CT molecular complexity index is 1180. The topological polar surface area (TPSA) is 282 Å². The van der Waals surface area contributed by atoms with Crippen LogP contribution in [-0.2, 0) is 36.1 Å². The number of phosphoric acid groups is 3. The van der Waals surface area contributed by atoms with E-state index >= 15 is 0 Å². The normalized spacial score (nSPS) is 26.0. The molecule has 186 valence electrons. The standard InChI is InChI=1S/C11H18N5O14P3/c1-6-3-16(11(19)14-10(6)18)9-2-7(17)8(28-9)4-26-31(20,21)29-33(24,25)30-32(22,23)27-5-13-15-12/h3,7-9,17H,2,4-5H2,1H3,(H,20,21)(H,22,23)(H,24,25)(H,14,18,19)/t7-,8+,9+/m0/s1. The zero-order chi connectivity index (χ0) is 25.0. The molecule has 2 heterocycles. The summed E-state index contributed by atoms with van der Waals surface area (Å²) < 4.78 is 57.5. The van der Waals surface area contributed by atoms with Crippen molar-refractivity contribution in [3.63, 3.8) is 0 Å². The van der Waals surface area contributed by atoms with Crippen LogP contribution in [0.15, 0.2) is 20.9 Å². The van der Waals surface area contributed by atoms with Gasteiger partial charge in [0.2, 0.25) is 0 Å². The Balaban J connectivity index is 1.98. The van der Waals surface area contributed by atoms with Gasteiger partial charge in [0.05, 0.1) is 12.7 Å². The van der Waals surface area contributed by atoms with Gasteiger partial charge in [0.15, 0.2) is 0 Å². The van der Waals surface area contributed by atoms with E-state index in [0.29, 0.717) is 0 Å². The van der Waals surface area contributed by atoms with Crippen LogP contribution >= 0.6 is 23.5 Å². The van der Waals surface area contributed by atoms with Crippen molar-refractivity contribution >= 4 is 23.5 Å². The molecule has 0 saturated carbocycles. The number of aryl methyl sites for hydroxylation is 1. The van der Waals surface area contributed by atoms with Crippen LogP contribution in [0.25, 0.3) is 10.4 Å². The van der Waals surface area contributed by atoms with Gasteiger partial charge in [-0.3, -0.25) is 23.4 Å². The van der Waals surface area contributed by atoms with Crippen LogP contribution < -0.4 is 11.2 Å². The number of hydrogen-bond acceptors (Lipinski definition) is 12. The lowest BCUT2D eigenvalue weighted by Crippen LogP contribution is -2.33. The molecule has 1 aromatic heterocycles. The van der Waals surface area contributed by atoms with Crippen molar-refractivity contribution < 1.29 is 55.9 Å². The van der Waals surface area contributed by atoms with Crippen LogP contribution in [0.2, 0.25) is 0 Å². The van der Waals surface area contributed by atoms with Crippen LogP contribution in [0.4, 0.5) is 0 Å². The molecule has 3 unspecified atom stereocenters. The summed E-state index contributed by atoms with van der Waals surface area (Å²) >= 11 is 0. The number of rotatable bonds is 11. The maximum absolute atomic E-state index is 11.9. The minimum absolute atomic E-state index is 0.170. The van der Waals surface area contributed by atoms with Crippen molar-refractivity contribution in [2.45, 2.75) is 31.8 Å². The predicted molar refractivity (Wildman–Crippen MR) is 103 cm³/mol. The minimum Gasteiger partial charge on any atom is -0.390 e. The van der Waals surface area contributed by atoms with E-state index in [1.54, 1.807) is 0 Å². The molecule has 1 fully saturated rings. The molecule has 0 bridgehead atoms. The van der Waals surface area contributed by atoms with Gasteiger partial charge in [-0.05, 0) is 12.5 Å². The smallest absolute Gasteiger partial charge is 0.390 e. The third kappa shape index (κ3) is 8.24. The van der Waals surface area contributed by atoms with Crippen molar-refractivity contribution in [1.82, 2.24) is 9.55 Å². The fourth-order valence-electron chi connectivity index (χ4n) is 2.45. The van der Waals surface area contributed by atoms with Gasteiger partial charge in [-0.25, -0.2) is 18.5 Å². The number of azide groups is 1. The number of ether oxygens (including phenoxy) is 1. The van der Waals surface area contributed by atoms with Crippen LogP contribution in [0.5, 0.6) is 0 Å². The third-order valence-corrected chi connectivity index (χ3v) is 8.04. The summed E-state index contributed by atoms with van der Waals surface area (Å²) in [6.07, 6.45) is -2.76. The largest absolute Gasteiger partial charge is 0.490 e. The lowest BCUT2D eigenvalue weighted by Gasteiger charge is -2.20. The van der Waals surface area contributed by atoms with Gasteiger partial charge in [0.1, 0.15) is 19.1 Å². The summed E-state index contributed by atoms with van der Waals surface area (Å²) in [7, 11) is -16.5. The van der Waals surface area contributed by atoms with Gasteiger partial charge in [-0.1, -0.05) is 5.11 Å². The van der Waals surface area contributed by atoms with Crippen molar-refractivity contribution in [2.24, 2.45) is 5.11 Å². The maximum atomic E-state index is 11.9. The average molecular weight is 537 g/mol. The molecule has 6 atom stereocenters. The Labute approximate surface area is 182 Å². The highest BCUT2D eigenvalue weighted by Gasteiger charge is 2.43. The molecule has 2 rings (SSSR count). The first-order valence-electron chi connectivity index (χ1n) is 8.51. The average Bonchev–Trinajstić information content (AvgIpc) is 3.02. The predicted octanol–water partition coefficient (Wildman–Crippen LogP) is 0.129. The fourth-order valence-corrected chi connectivity index (χ4v) is 5.83. The number of aromatic nitrogens is 2. The van der Waals surface area contributed by atoms with E-state index in [4.69, 9.17) is 10.3 Å². The van der Waals surface area contributed by atoms with Gasteiger partial charge in [0.25, 0.3) is 5.56 Å². The summed E-state index contributed by atoms with van der Waals surface area (Å²) in [6.45, 7) is -0.553. The molecule has 0 aliphatic carbocycles. The quantitative estimate of drug-likeness (QED) is 0.109. The van der Waals surface area contributed by atoms with Gasteiger partial charge < -0.3 is 24.5 Å². The van der Waals surface area contributed by atoms with Gasteiger partial charge in [-0.15, -0.1) is 0 Å². The fraction of sp³-hybridized carbons (Fsp3) is 0.636. The van der Waals surface area contributed by atoms with E-state index in [1.165, 1.54) is 13.1 Å². The summed E-state index contributed by atoms with van der Waals surface area (Å²) in [4.78, 5) is 55.8. The second kappa shape index (κ2) is 10.7. The number of nitrogens with one attached hydrogen (secondary N) is 1. The molecule has 1 saturated heterocycles. The molecule has 0 spiro atoms. The highest BCUT2D eigenvalue weighted by molar-refractivity contribution is 7.66. The van der Waals surface area contributed by atoms with Crippen LogP contribution in [0.1, 0.15) is 18.2 Å². The minimum atomic E-state index is -5.73. The molecule has 1 aromatic rings. The van der Waals surface area contributed by atoms with E-state index < -0.39 is 66.5 Å². The molecule has 1 aliphatic heterocycles. The van der Waals surface area contributed by atoms with Crippen LogP contribution in [-0.4, -0.2) is 54.9 Å².